The zero-order chi connectivity index (χ0) is 17.9. The third-order valence-electron chi connectivity index (χ3n) is 3.17. The predicted octanol–water partition coefficient (Wildman–Crippen LogP) is 3.67. The van der Waals surface area contributed by atoms with Gasteiger partial charge in [0.15, 0.2) is 4.98 Å². The van der Waals surface area contributed by atoms with E-state index in [1.165, 1.54) is 0 Å². The molecule has 2 rings (SSSR count). The summed E-state index contributed by atoms with van der Waals surface area (Å²) in [4.78, 5) is 14.6. The Balaban J connectivity index is 1.73. The topological polar surface area (TPSA) is 95.9 Å². The van der Waals surface area contributed by atoms with Crippen molar-refractivity contribution >= 4 is 11.8 Å². The summed E-state index contributed by atoms with van der Waals surface area (Å²) in [6.07, 6.45) is -0.592. The van der Waals surface area contributed by atoms with Gasteiger partial charge in [0.1, 0.15) is 13.2 Å². The van der Waals surface area contributed by atoms with Crippen LogP contribution in [0.4, 0.5) is 4.79 Å². The molecule has 0 bridgehead atoms. The van der Waals surface area contributed by atoms with Crippen molar-refractivity contribution in [3.05, 3.63) is 82.7 Å². The molecular weight excluding hydrogens is 322 g/mol. The van der Waals surface area contributed by atoms with Crippen LogP contribution in [0.15, 0.2) is 66.6 Å². The van der Waals surface area contributed by atoms with Crippen LogP contribution in [0, 0.1) is 5.39 Å². The molecule has 0 aliphatic heterocycles. The van der Waals surface area contributed by atoms with Gasteiger partial charge < -0.3 is 19.9 Å². The summed E-state index contributed by atoms with van der Waals surface area (Å²) in [5.41, 5.74) is 1.29. The van der Waals surface area contributed by atoms with Gasteiger partial charge in [0.25, 0.3) is 0 Å². The Kier molecular flexibility index (Phi) is 6.82. The lowest BCUT2D eigenvalue weighted by Crippen LogP contribution is -2.27. The number of diazo groups is 1. The van der Waals surface area contributed by atoms with Gasteiger partial charge in [-0.2, -0.15) is 0 Å². The molecule has 0 unspecified atom stereocenters. The summed E-state index contributed by atoms with van der Waals surface area (Å²) in [6, 6.07) is 17.9. The van der Waals surface area contributed by atoms with Gasteiger partial charge in [-0.1, -0.05) is 48.5 Å². The second-order valence-corrected chi connectivity index (χ2v) is 4.96. The van der Waals surface area contributed by atoms with Gasteiger partial charge in [-0.3, -0.25) is 0 Å². The quantitative estimate of drug-likeness (QED) is 0.455. The molecule has 0 radical (unpaired) electrons. The van der Waals surface area contributed by atoms with Crippen LogP contribution in [-0.2, 0) is 16.1 Å². The standard InChI is InChI=1S/C18H17N3O4/c19-21-16(15-9-5-2-6-10-15)17(22)24-12-11-20-18(23)25-13-14-7-3-1-4-8-14/h1-10H,11-13H2,(H-,20,22,23)/p+1/b17-16-. The normalized spacial score (nSPS) is 11.0. The van der Waals surface area contributed by atoms with Crippen molar-refractivity contribution in [1.82, 2.24) is 5.32 Å². The van der Waals surface area contributed by atoms with Crippen molar-refractivity contribution < 1.29 is 19.4 Å². The highest BCUT2D eigenvalue weighted by molar-refractivity contribution is 5.70. The molecule has 128 valence electrons. The minimum absolute atomic E-state index is 0.0158. The lowest BCUT2D eigenvalue weighted by atomic mass is 10.2. The summed E-state index contributed by atoms with van der Waals surface area (Å²) in [5.74, 6) is -0.534. The smallest absolute Gasteiger partial charge is 0.471 e. The Morgan fingerprint density at radius 3 is 2.32 bits per heavy atom. The first-order valence-corrected chi connectivity index (χ1v) is 7.62. The minimum Gasteiger partial charge on any atom is -0.475 e. The molecule has 2 aromatic carbocycles. The summed E-state index contributed by atoms with van der Waals surface area (Å²) in [7, 11) is 0. The molecule has 7 nitrogen and oxygen atoms in total. The van der Waals surface area contributed by atoms with E-state index in [0.717, 1.165) is 5.56 Å². The number of aliphatic hydroxyl groups excluding tert-OH is 1. The van der Waals surface area contributed by atoms with Gasteiger partial charge in [-0.05, 0) is 17.7 Å². The molecule has 0 heterocycles. The van der Waals surface area contributed by atoms with Crippen molar-refractivity contribution in [3.8, 4) is 0 Å². The number of benzene rings is 2. The first kappa shape index (κ1) is 17.8. The summed E-state index contributed by atoms with van der Waals surface area (Å²) in [5, 5.41) is 21.3. The van der Waals surface area contributed by atoms with Crippen molar-refractivity contribution in [1.29, 1.82) is 5.39 Å². The molecule has 25 heavy (non-hydrogen) atoms. The molecular formula is C18H18N3O4+. The number of nitrogens with one attached hydrogen (secondary N) is 1. The lowest BCUT2D eigenvalue weighted by molar-refractivity contribution is 0.0930. The molecule has 0 atom stereocenters. The van der Waals surface area contributed by atoms with E-state index in [1.54, 1.807) is 30.3 Å². The molecule has 0 aromatic heterocycles. The van der Waals surface area contributed by atoms with E-state index in [1.807, 2.05) is 30.3 Å². The van der Waals surface area contributed by atoms with Crippen LogP contribution in [-0.4, -0.2) is 24.4 Å². The van der Waals surface area contributed by atoms with Crippen LogP contribution in [0.5, 0.6) is 0 Å². The number of carbonyl (C=O) groups is 1. The van der Waals surface area contributed by atoms with Crippen LogP contribution < -0.4 is 5.32 Å². The SMILES string of the molecule is N#[N+]/C(=C(/O)OCCNC(=O)OCc1ccccc1)c1ccccc1. The fraction of sp³-hybridized carbons (Fsp3) is 0.167. The number of alkyl carbamates (subject to hydrolysis) is 1. The molecule has 2 aromatic rings. The van der Waals surface area contributed by atoms with Crippen molar-refractivity contribution in [2.75, 3.05) is 13.2 Å². The number of aliphatic hydroxyl groups is 1. The van der Waals surface area contributed by atoms with Crippen LogP contribution in [0.2, 0.25) is 0 Å². The molecule has 0 fully saturated rings. The van der Waals surface area contributed by atoms with E-state index >= 15 is 0 Å². The Morgan fingerprint density at radius 1 is 1.04 bits per heavy atom. The first-order valence-electron chi connectivity index (χ1n) is 7.62. The van der Waals surface area contributed by atoms with E-state index in [-0.39, 0.29) is 25.5 Å². The van der Waals surface area contributed by atoms with Gasteiger partial charge in [-0.15, -0.1) is 0 Å². The first-order chi connectivity index (χ1) is 12.2. The highest BCUT2D eigenvalue weighted by Gasteiger charge is 2.23. The maximum absolute atomic E-state index is 11.6. The number of rotatable bonds is 7. The van der Waals surface area contributed by atoms with E-state index in [9.17, 15) is 9.90 Å². The van der Waals surface area contributed by atoms with Gasteiger partial charge in [0.05, 0.1) is 12.1 Å². The van der Waals surface area contributed by atoms with E-state index in [4.69, 9.17) is 14.9 Å². The summed E-state index contributed by atoms with van der Waals surface area (Å²) >= 11 is 0. The van der Waals surface area contributed by atoms with Gasteiger partial charge >= 0.3 is 17.7 Å². The number of carbonyl (C=O) groups excluding carboxylic acids is 1. The van der Waals surface area contributed by atoms with Crippen LogP contribution in [0.3, 0.4) is 0 Å². The highest BCUT2D eigenvalue weighted by atomic mass is 16.6. The Hall–Kier alpha value is -3.53. The molecule has 7 heteroatoms. The largest absolute Gasteiger partial charge is 0.475 e. The average molecular weight is 340 g/mol. The fourth-order valence-corrected chi connectivity index (χ4v) is 1.96. The van der Waals surface area contributed by atoms with Crippen LogP contribution in [0.1, 0.15) is 11.1 Å². The van der Waals surface area contributed by atoms with Gasteiger partial charge in [0, 0.05) is 0 Å². The van der Waals surface area contributed by atoms with Crippen LogP contribution >= 0.6 is 0 Å². The summed E-state index contributed by atoms with van der Waals surface area (Å²) in [6.45, 7) is 0.267. The Morgan fingerprint density at radius 2 is 1.68 bits per heavy atom. The fourth-order valence-electron chi connectivity index (χ4n) is 1.96. The number of hydrogen-bond donors (Lipinski definition) is 2. The molecule has 1 amide bonds. The van der Waals surface area contributed by atoms with E-state index < -0.39 is 12.0 Å². The summed E-state index contributed by atoms with van der Waals surface area (Å²) < 4.78 is 10.1. The second kappa shape index (κ2) is 9.57. The zero-order valence-electron chi connectivity index (χ0n) is 13.5. The third kappa shape index (κ3) is 5.88. The Labute approximate surface area is 145 Å². The highest BCUT2D eigenvalue weighted by Crippen LogP contribution is 2.19. The number of hydrogen-bond acceptors (Lipinski definition) is 5. The van der Waals surface area contributed by atoms with Crippen molar-refractivity contribution in [2.45, 2.75) is 6.61 Å². The number of nitrogens with zero attached hydrogens (tertiary/aromatic N) is 2. The Bertz CT molecular complexity index is 755. The van der Waals surface area contributed by atoms with Gasteiger partial charge in [-0.25, -0.2) is 4.79 Å². The van der Waals surface area contributed by atoms with Crippen molar-refractivity contribution in [3.63, 3.8) is 0 Å². The monoisotopic (exact) mass is 340 g/mol. The maximum Gasteiger partial charge on any atom is 0.471 e. The number of amides is 1. The average Bonchev–Trinajstić information content (AvgIpc) is 2.66. The van der Waals surface area contributed by atoms with Gasteiger partial charge in [0.2, 0.25) is 5.39 Å². The van der Waals surface area contributed by atoms with E-state index in [2.05, 4.69) is 10.3 Å². The zero-order valence-corrected chi connectivity index (χ0v) is 13.5. The molecule has 0 saturated carbocycles. The second-order valence-electron chi connectivity index (χ2n) is 4.96. The third-order valence-corrected chi connectivity index (χ3v) is 3.17. The maximum atomic E-state index is 11.6. The predicted molar refractivity (Wildman–Crippen MR) is 91.7 cm³/mol. The lowest BCUT2D eigenvalue weighted by Gasteiger charge is -2.07. The van der Waals surface area contributed by atoms with Crippen LogP contribution in [0.25, 0.3) is 10.7 Å². The number of ether oxygens (including phenoxy) is 2. The molecule has 0 spiro atoms. The van der Waals surface area contributed by atoms with E-state index in [0.29, 0.717) is 5.56 Å². The minimum atomic E-state index is -0.592. The molecule has 2 N–H and O–H groups in total. The molecule has 0 saturated heterocycles. The molecule has 0 aliphatic rings. The molecule has 0 aliphatic carbocycles. The van der Waals surface area contributed by atoms with Crippen molar-refractivity contribution in [2.24, 2.45) is 0 Å².